The van der Waals surface area contributed by atoms with Gasteiger partial charge < -0.3 is 5.32 Å². The van der Waals surface area contributed by atoms with Crippen molar-refractivity contribution < 1.29 is 13.6 Å². The molecule has 2 nitrogen and oxygen atoms in total. The number of thioether (sulfide) groups is 1. The van der Waals surface area contributed by atoms with E-state index in [1.165, 1.54) is 38.2 Å². The van der Waals surface area contributed by atoms with Crippen LogP contribution < -0.4 is 5.32 Å². The molecule has 136 valence electrons. The van der Waals surface area contributed by atoms with Crippen molar-refractivity contribution in [3.05, 3.63) is 65.7 Å². The Kier molecular flexibility index (Phi) is 6.09. The normalized spacial score (nSPS) is 14.8. The van der Waals surface area contributed by atoms with Crippen molar-refractivity contribution in [1.82, 2.24) is 0 Å². The first-order valence-electron chi connectivity index (χ1n) is 8.76. The van der Waals surface area contributed by atoms with Gasteiger partial charge in [-0.05, 0) is 42.7 Å². The lowest BCUT2D eigenvalue weighted by Gasteiger charge is -2.22. The fourth-order valence-electron chi connectivity index (χ4n) is 3.09. The van der Waals surface area contributed by atoms with E-state index in [0.29, 0.717) is 10.8 Å². The number of halogens is 2. The van der Waals surface area contributed by atoms with Crippen LogP contribution in [0.15, 0.2) is 47.9 Å². The van der Waals surface area contributed by atoms with E-state index in [-0.39, 0.29) is 11.6 Å². The smallest absolute Gasteiger partial charge is 0.255 e. The molecule has 1 amide bonds. The SMILES string of the molecule is C=Cc1ccc(C(=O)Nc2ccc(F)c(F)c2)cc1SC1CCCCC1. The largest absolute Gasteiger partial charge is 0.322 e. The van der Waals surface area contributed by atoms with Gasteiger partial charge in [0.1, 0.15) is 0 Å². The van der Waals surface area contributed by atoms with E-state index in [2.05, 4.69) is 11.9 Å². The van der Waals surface area contributed by atoms with Crippen LogP contribution in [0.3, 0.4) is 0 Å². The van der Waals surface area contributed by atoms with Crippen LogP contribution >= 0.6 is 11.8 Å². The minimum absolute atomic E-state index is 0.225. The molecule has 2 aromatic rings. The van der Waals surface area contributed by atoms with E-state index in [4.69, 9.17) is 0 Å². The molecule has 0 atom stereocenters. The van der Waals surface area contributed by atoms with Gasteiger partial charge in [-0.3, -0.25) is 4.79 Å². The fraction of sp³-hybridized carbons (Fsp3) is 0.286. The zero-order chi connectivity index (χ0) is 18.5. The summed E-state index contributed by atoms with van der Waals surface area (Å²) in [6, 6.07) is 8.76. The van der Waals surface area contributed by atoms with Crippen LogP contribution in [0.4, 0.5) is 14.5 Å². The molecule has 0 heterocycles. The predicted octanol–water partition coefficient (Wildman–Crippen LogP) is 6.28. The minimum atomic E-state index is -0.988. The summed E-state index contributed by atoms with van der Waals surface area (Å²) in [5, 5.41) is 3.18. The summed E-state index contributed by atoms with van der Waals surface area (Å²) in [7, 11) is 0. The fourth-order valence-corrected chi connectivity index (χ4v) is 4.50. The molecule has 0 unspecified atom stereocenters. The van der Waals surface area contributed by atoms with Gasteiger partial charge in [0.2, 0.25) is 0 Å². The van der Waals surface area contributed by atoms with Gasteiger partial charge >= 0.3 is 0 Å². The van der Waals surface area contributed by atoms with Gasteiger partial charge in [-0.1, -0.05) is 38.0 Å². The summed E-state index contributed by atoms with van der Waals surface area (Å²) in [6.45, 7) is 3.85. The molecule has 2 aromatic carbocycles. The zero-order valence-corrected chi connectivity index (χ0v) is 15.3. The van der Waals surface area contributed by atoms with Crippen LogP contribution in [-0.4, -0.2) is 11.2 Å². The summed E-state index contributed by atoms with van der Waals surface area (Å²) >= 11 is 1.80. The lowest BCUT2D eigenvalue weighted by atomic mass is 10.0. The number of rotatable bonds is 5. The summed E-state index contributed by atoms with van der Waals surface area (Å²) in [6.07, 6.45) is 7.96. The molecule has 1 saturated carbocycles. The molecule has 1 aliphatic rings. The first-order chi connectivity index (χ1) is 12.6. The molecule has 0 radical (unpaired) electrons. The van der Waals surface area contributed by atoms with Crippen molar-refractivity contribution in [3.8, 4) is 0 Å². The average molecular weight is 373 g/mol. The van der Waals surface area contributed by atoms with Crippen molar-refractivity contribution in [2.75, 3.05) is 5.32 Å². The summed E-state index contributed by atoms with van der Waals surface area (Å²) < 4.78 is 26.3. The molecule has 5 heteroatoms. The van der Waals surface area contributed by atoms with Crippen LogP contribution in [-0.2, 0) is 0 Å². The van der Waals surface area contributed by atoms with E-state index < -0.39 is 11.6 Å². The molecule has 26 heavy (non-hydrogen) atoms. The highest BCUT2D eigenvalue weighted by molar-refractivity contribution is 8.00. The molecule has 0 bridgehead atoms. The summed E-state index contributed by atoms with van der Waals surface area (Å²) in [4.78, 5) is 13.5. The predicted molar refractivity (Wildman–Crippen MR) is 104 cm³/mol. The highest BCUT2D eigenvalue weighted by Crippen LogP contribution is 2.36. The standard InChI is InChI=1S/C21H21F2NOS/c1-2-14-8-9-15(12-20(14)26-17-6-4-3-5-7-17)21(25)24-16-10-11-18(22)19(23)13-16/h2,8-13,17H,1,3-7H2,(H,24,25). The molecule has 1 aliphatic carbocycles. The molecule has 0 aromatic heterocycles. The van der Waals surface area contributed by atoms with Crippen molar-refractivity contribution in [2.45, 2.75) is 42.2 Å². The third kappa shape index (κ3) is 4.52. The van der Waals surface area contributed by atoms with Crippen LogP contribution in [0.25, 0.3) is 6.08 Å². The maximum Gasteiger partial charge on any atom is 0.255 e. The molecule has 1 N–H and O–H groups in total. The monoisotopic (exact) mass is 373 g/mol. The number of hydrogen-bond acceptors (Lipinski definition) is 2. The second-order valence-corrected chi connectivity index (χ2v) is 7.76. The molecule has 3 rings (SSSR count). The molecule has 0 spiro atoms. The molecule has 1 fully saturated rings. The first kappa shape index (κ1) is 18.6. The number of amides is 1. The highest BCUT2D eigenvalue weighted by Gasteiger charge is 2.17. The van der Waals surface area contributed by atoms with Gasteiger partial charge in [0.25, 0.3) is 5.91 Å². The second kappa shape index (κ2) is 8.49. The van der Waals surface area contributed by atoms with Gasteiger partial charge in [-0.25, -0.2) is 8.78 Å². The third-order valence-corrected chi connectivity index (χ3v) is 5.93. The number of benzene rings is 2. The average Bonchev–Trinajstić information content (AvgIpc) is 2.65. The van der Waals surface area contributed by atoms with E-state index in [0.717, 1.165) is 22.6 Å². The minimum Gasteiger partial charge on any atom is -0.322 e. The Morgan fingerprint density at radius 2 is 1.85 bits per heavy atom. The molecule has 0 saturated heterocycles. The van der Waals surface area contributed by atoms with Crippen LogP contribution in [0.2, 0.25) is 0 Å². The number of nitrogens with one attached hydrogen (secondary N) is 1. The highest BCUT2D eigenvalue weighted by atomic mass is 32.2. The van der Waals surface area contributed by atoms with Gasteiger partial charge in [-0.15, -0.1) is 11.8 Å². The Morgan fingerprint density at radius 3 is 2.54 bits per heavy atom. The van der Waals surface area contributed by atoms with E-state index in [1.54, 1.807) is 23.9 Å². The third-order valence-electron chi connectivity index (χ3n) is 4.52. The topological polar surface area (TPSA) is 29.1 Å². The van der Waals surface area contributed by atoms with Crippen molar-refractivity contribution >= 4 is 29.4 Å². The maximum absolute atomic E-state index is 13.3. The number of carbonyl (C=O) groups excluding carboxylic acids is 1. The van der Waals surface area contributed by atoms with Crippen molar-refractivity contribution in [2.24, 2.45) is 0 Å². The summed E-state index contributed by atoms with van der Waals surface area (Å²) in [5.41, 5.74) is 1.71. The van der Waals surface area contributed by atoms with Gasteiger partial charge in [-0.2, -0.15) is 0 Å². The van der Waals surface area contributed by atoms with Crippen LogP contribution in [0, 0.1) is 11.6 Å². The maximum atomic E-state index is 13.3. The second-order valence-electron chi connectivity index (χ2n) is 6.42. The molecular weight excluding hydrogens is 352 g/mol. The van der Waals surface area contributed by atoms with Crippen molar-refractivity contribution in [3.63, 3.8) is 0 Å². The first-order valence-corrected chi connectivity index (χ1v) is 9.64. The Balaban J connectivity index is 1.78. The van der Waals surface area contributed by atoms with E-state index in [1.807, 2.05) is 12.1 Å². The Labute approximate surface area is 156 Å². The van der Waals surface area contributed by atoms with Gasteiger partial charge in [0.05, 0.1) is 0 Å². The zero-order valence-electron chi connectivity index (χ0n) is 14.4. The van der Waals surface area contributed by atoms with E-state index >= 15 is 0 Å². The summed E-state index contributed by atoms with van der Waals surface area (Å²) in [5.74, 6) is -2.28. The number of hydrogen-bond donors (Lipinski definition) is 1. The lowest BCUT2D eigenvalue weighted by Crippen LogP contribution is -2.13. The quantitative estimate of drug-likeness (QED) is 0.668. The Morgan fingerprint density at radius 1 is 1.08 bits per heavy atom. The Hall–Kier alpha value is -2.14. The van der Waals surface area contributed by atoms with Crippen LogP contribution in [0.1, 0.15) is 48.0 Å². The van der Waals surface area contributed by atoms with Crippen LogP contribution in [0.5, 0.6) is 0 Å². The Bertz CT molecular complexity index is 816. The van der Waals surface area contributed by atoms with E-state index in [9.17, 15) is 13.6 Å². The number of carbonyl (C=O) groups is 1. The van der Waals surface area contributed by atoms with Gasteiger partial charge in [0.15, 0.2) is 11.6 Å². The van der Waals surface area contributed by atoms with Gasteiger partial charge in [0, 0.05) is 27.5 Å². The molecular formula is C21H21F2NOS. The van der Waals surface area contributed by atoms with Crippen molar-refractivity contribution in [1.29, 1.82) is 0 Å². The lowest BCUT2D eigenvalue weighted by molar-refractivity contribution is 0.102. The number of anilines is 1. The molecule has 0 aliphatic heterocycles.